The SMILES string of the molecule is CC(CN)c1n[nH]c(=O)[nH]1. The van der Waals surface area contributed by atoms with Crippen LogP contribution in [0.3, 0.4) is 0 Å². The Labute approximate surface area is 57.6 Å². The van der Waals surface area contributed by atoms with Crippen LogP contribution in [0.25, 0.3) is 0 Å². The highest BCUT2D eigenvalue weighted by Gasteiger charge is 2.05. The van der Waals surface area contributed by atoms with Crippen LogP contribution in [0, 0.1) is 0 Å². The van der Waals surface area contributed by atoms with Gasteiger partial charge in [-0.05, 0) is 0 Å². The van der Waals surface area contributed by atoms with E-state index in [2.05, 4.69) is 15.2 Å². The molecule has 0 bridgehead atoms. The first-order chi connectivity index (χ1) is 4.74. The van der Waals surface area contributed by atoms with Crippen molar-refractivity contribution in [1.82, 2.24) is 15.2 Å². The Morgan fingerprint density at radius 2 is 2.50 bits per heavy atom. The molecule has 1 atom stereocenters. The van der Waals surface area contributed by atoms with Crippen molar-refractivity contribution in [1.29, 1.82) is 0 Å². The van der Waals surface area contributed by atoms with Crippen LogP contribution in [-0.2, 0) is 0 Å². The number of hydrogen-bond acceptors (Lipinski definition) is 3. The summed E-state index contributed by atoms with van der Waals surface area (Å²) in [4.78, 5) is 13.0. The number of nitrogens with one attached hydrogen (secondary N) is 2. The molecule has 1 aromatic rings. The van der Waals surface area contributed by atoms with E-state index in [0.717, 1.165) is 0 Å². The molecule has 10 heavy (non-hydrogen) atoms. The van der Waals surface area contributed by atoms with E-state index < -0.39 is 0 Å². The molecular formula is C5H10N4O. The summed E-state index contributed by atoms with van der Waals surface area (Å²) < 4.78 is 0. The third-order valence-corrected chi connectivity index (χ3v) is 1.34. The molecule has 5 heteroatoms. The van der Waals surface area contributed by atoms with Crippen molar-refractivity contribution >= 4 is 0 Å². The lowest BCUT2D eigenvalue weighted by Crippen LogP contribution is -2.11. The van der Waals surface area contributed by atoms with Crippen molar-refractivity contribution in [3.63, 3.8) is 0 Å². The van der Waals surface area contributed by atoms with Gasteiger partial charge in [-0.1, -0.05) is 6.92 Å². The van der Waals surface area contributed by atoms with Crippen molar-refractivity contribution in [3.8, 4) is 0 Å². The molecule has 4 N–H and O–H groups in total. The van der Waals surface area contributed by atoms with E-state index in [9.17, 15) is 4.79 Å². The predicted molar refractivity (Wildman–Crippen MR) is 36.7 cm³/mol. The van der Waals surface area contributed by atoms with Gasteiger partial charge in [-0.25, -0.2) is 9.89 Å². The van der Waals surface area contributed by atoms with Crippen LogP contribution < -0.4 is 11.4 Å². The number of nitrogens with two attached hydrogens (primary N) is 1. The van der Waals surface area contributed by atoms with Gasteiger partial charge in [0, 0.05) is 12.5 Å². The van der Waals surface area contributed by atoms with Crippen LogP contribution >= 0.6 is 0 Å². The second kappa shape index (κ2) is 2.66. The molecule has 0 fully saturated rings. The van der Waals surface area contributed by atoms with Gasteiger partial charge in [0.25, 0.3) is 0 Å². The maximum atomic E-state index is 10.5. The Kier molecular flexibility index (Phi) is 1.86. The minimum absolute atomic E-state index is 0.110. The van der Waals surface area contributed by atoms with Crippen molar-refractivity contribution in [3.05, 3.63) is 16.3 Å². The summed E-state index contributed by atoms with van der Waals surface area (Å²) in [7, 11) is 0. The Bertz CT molecular complexity index is 250. The molecule has 0 saturated carbocycles. The second-order valence-electron chi connectivity index (χ2n) is 2.20. The highest BCUT2D eigenvalue weighted by atomic mass is 16.1. The van der Waals surface area contributed by atoms with E-state index in [1.165, 1.54) is 0 Å². The number of hydrogen-bond donors (Lipinski definition) is 3. The van der Waals surface area contributed by atoms with Gasteiger partial charge >= 0.3 is 5.69 Å². The molecular weight excluding hydrogens is 132 g/mol. The maximum Gasteiger partial charge on any atom is 0.340 e. The minimum atomic E-state index is -0.282. The van der Waals surface area contributed by atoms with E-state index in [-0.39, 0.29) is 11.6 Å². The highest BCUT2D eigenvalue weighted by molar-refractivity contribution is 4.90. The summed E-state index contributed by atoms with van der Waals surface area (Å²) in [6.07, 6.45) is 0. The summed E-state index contributed by atoms with van der Waals surface area (Å²) in [6.45, 7) is 2.38. The molecule has 0 aliphatic rings. The fourth-order valence-corrected chi connectivity index (χ4v) is 0.628. The van der Waals surface area contributed by atoms with Gasteiger partial charge in [0.2, 0.25) is 0 Å². The molecule has 1 rings (SSSR count). The number of aromatic nitrogens is 3. The zero-order chi connectivity index (χ0) is 7.56. The van der Waals surface area contributed by atoms with Crippen LogP contribution in [0.15, 0.2) is 4.79 Å². The Hall–Kier alpha value is -1.10. The second-order valence-corrected chi connectivity index (χ2v) is 2.20. The van der Waals surface area contributed by atoms with Gasteiger partial charge in [-0.2, -0.15) is 5.10 Å². The van der Waals surface area contributed by atoms with Crippen molar-refractivity contribution in [2.24, 2.45) is 5.73 Å². The molecule has 0 amide bonds. The third-order valence-electron chi connectivity index (χ3n) is 1.34. The molecule has 1 heterocycles. The molecule has 1 aromatic heterocycles. The summed E-state index contributed by atoms with van der Waals surface area (Å²) in [5, 5.41) is 5.98. The molecule has 0 aliphatic carbocycles. The lowest BCUT2D eigenvalue weighted by molar-refractivity contribution is 0.716. The molecule has 0 aliphatic heterocycles. The number of H-pyrrole nitrogens is 2. The number of nitrogens with zero attached hydrogens (tertiary/aromatic N) is 1. The van der Waals surface area contributed by atoms with Gasteiger partial charge in [-0.3, -0.25) is 4.98 Å². The van der Waals surface area contributed by atoms with Crippen molar-refractivity contribution < 1.29 is 0 Å². The zero-order valence-electron chi connectivity index (χ0n) is 5.72. The van der Waals surface area contributed by atoms with Crippen LogP contribution in [0.5, 0.6) is 0 Å². The van der Waals surface area contributed by atoms with Crippen molar-refractivity contribution in [2.75, 3.05) is 6.54 Å². The quantitative estimate of drug-likeness (QED) is 0.503. The number of aromatic amines is 2. The molecule has 0 saturated heterocycles. The first-order valence-electron chi connectivity index (χ1n) is 3.08. The average Bonchev–Trinajstić information content (AvgIpc) is 2.34. The minimum Gasteiger partial charge on any atom is -0.330 e. The summed E-state index contributed by atoms with van der Waals surface area (Å²) in [5.41, 5.74) is 5.06. The van der Waals surface area contributed by atoms with Crippen LogP contribution in [0.4, 0.5) is 0 Å². The summed E-state index contributed by atoms with van der Waals surface area (Å²) >= 11 is 0. The van der Waals surface area contributed by atoms with Gasteiger partial charge < -0.3 is 5.73 Å². The van der Waals surface area contributed by atoms with E-state index in [0.29, 0.717) is 12.4 Å². The fourth-order valence-electron chi connectivity index (χ4n) is 0.628. The van der Waals surface area contributed by atoms with E-state index in [1.54, 1.807) is 0 Å². The molecule has 56 valence electrons. The van der Waals surface area contributed by atoms with Gasteiger partial charge in [0.1, 0.15) is 5.82 Å². The third kappa shape index (κ3) is 1.24. The molecule has 0 aromatic carbocycles. The maximum absolute atomic E-state index is 10.5. The molecule has 5 nitrogen and oxygen atoms in total. The topological polar surface area (TPSA) is 87.6 Å². The molecule has 0 radical (unpaired) electrons. The Morgan fingerprint density at radius 1 is 1.80 bits per heavy atom. The first-order valence-corrected chi connectivity index (χ1v) is 3.08. The van der Waals surface area contributed by atoms with Crippen LogP contribution in [0.2, 0.25) is 0 Å². The molecule has 1 unspecified atom stereocenters. The average molecular weight is 142 g/mol. The number of rotatable bonds is 2. The Balaban J connectivity index is 2.84. The van der Waals surface area contributed by atoms with E-state index >= 15 is 0 Å². The standard InChI is InChI=1S/C5H10N4O/c1-3(2-6)4-7-5(10)9-8-4/h3H,2,6H2,1H3,(H2,7,8,9,10). The van der Waals surface area contributed by atoms with Crippen LogP contribution in [-0.4, -0.2) is 21.7 Å². The van der Waals surface area contributed by atoms with E-state index in [1.807, 2.05) is 6.92 Å². The van der Waals surface area contributed by atoms with Gasteiger partial charge in [0.15, 0.2) is 0 Å². The molecule has 0 spiro atoms. The lowest BCUT2D eigenvalue weighted by Gasteiger charge is -2.00. The fraction of sp³-hybridized carbons (Fsp3) is 0.600. The normalized spacial score (nSPS) is 13.4. The van der Waals surface area contributed by atoms with Gasteiger partial charge in [0.05, 0.1) is 0 Å². The monoisotopic (exact) mass is 142 g/mol. The van der Waals surface area contributed by atoms with Crippen molar-refractivity contribution in [2.45, 2.75) is 12.8 Å². The smallest absolute Gasteiger partial charge is 0.330 e. The largest absolute Gasteiger partial charge is 0.340 e. The predicted octanol–water partition coefficient (Wildman–Crippen LogP) is -0.840. The first kappa shape index (κ1) is 7.01. The van der Waals surface area contributed by atoms with E-state index in [4.69, 9.17) is 5.73 Å². The Morgan fingerprint density at radius 3 is 2.90 bits per heavy atom. The lowest BCUT2D eigenvalue weighted by atomic mass is 10.2. The summed E-state index contributed by atoms with van der Waals surface area (Å²) in [6, 6.07) is 0. The van der Waals surface area contributed by atoms with Gasteiger partial charge in [-0.15, -0.1) is 0 Å². The zero-order valence-corrected chi connectivity index (χ0v) is 5.72. The summed E-state index contributed by atoms with van der Waals surface area (Å²) in [5.74, 6) is 0.728. The highest BCUT2D eigenvalue weighted by Crippen LogP contribution is 2.02. The van der Waals surface area contributed by atoms with Crippen LogP contribution in [0.1, 0.15) is 18.7 Å².